The molecular weight excluding hydrogens is 214 g/mol. The summed E-state index contributed by atoms with van der Waals surface area (Å²) in [6, 6.07) is 5.35. The molecule has 0 amide bonds. The molecule has 80 valence electrons. The highest BCUT2D eigenvalue weighted by Gasteiger charge is 2.25. The van der Waals surface area contributed by atoms with E-state index in [0.717, 1.165) is 12.0 Å². The van der Waals surface area contributed by atoms with E-state index in [9.17, 15) is 4.79 Å². The molecule has 3 nitrogen and oxygen atoms in total. The first kappa shape index (κ1) is 10.5. The molecule has 1 aliphatic rings. The maximum atomic E-state index is 11.6. The molecule has 1 atom stereocenters. The molecule has 0 aliphatic carbocycles. The molecule has 1 heterocycles. The largest absolute Gasteiger partial charge is 0.457 e. The lowest BCUT2D eigenvalue weighted by Gasteiger charge is -2.24. The fraction of sp³-hybridized carbons (Fsp3) is 0.364. The van der Waals surface area contributed by atoms with Gasteiger partial charge in [-0.25, -0.2) is 4.79 Å². The average molecular weight is 226 g/mol. The molecule has 15 heavy (non-hydrogen) atoms. The van der Waals surface area contributed by atoms with Crippen LogP contribution in [0, 0.1) is 0 Å². The van der Waals surface area contributed by atoms with Crippen molar-refractivity contribution in [2.45, 2.75) is 12.5 Å². The van der Waals surface area contributed by atoms with E-state index in [-0.39, 0.29) is 12.1 Å². The van der Waals surface area contributed by atoms with Crippen LogP contribution >= 0.6 is 11.6 Å². The number of hydrogen-bond acceptors (Lipinski definition) is 3. The normalized spacial score (nSPS) is 19.6. The lowest BCUT2D eigenvalue weighted by molar-refractivity contribution is 0.0264. The Hall–Kier alpha value is -1.06. The van der Waals surface area contributed by atoms with Crippen molar-refractivity contribution in [2.75, 3.05) is 13.6 Å². The lowest BCUT2D eigenvalue weighted by atomic mass is 9.99. The van der Waals surface area contributed by atoms with E-state index < -0.39 is 0 Å². The van der Waals surface area contributed by atoms with Gasteiger partial charge in [0.2, 0.25) is 0 Å². The highest BCUT2D eigenvalue weighted by molar-refractivity contribution is 6.31. The molecule has 0 aromatic heterocycles. The van der Waals surface area contributed by atoms with Gasteiger partial charge < -0.3 is 10.1 Å². The molecule has 0 saturated carbocycles. The molecule has 1 unspecified atom stereocenters. The number of hydrogen-bond donors (Lipinski definition) is 1. The Labute approximate surface area is 93.4 Å². The van der Waals surface area contributed by atoms with Gasteiger partial charge in [0.15, 0.2) is 0 Å². The van der Waals surface area contributed by atoms with E-state index in [4.69, 9.17) is 16.3 Å². The number of carbonyl (C=O) groups excluding carboxylic acids is 1. The quantitative estimate of drug-likeness (QED) is 0.778. The van der Waals surface area contributed by atoms with Gasteiger partial charge in [0.25, 0.3) is 0 Å². The zero-order valence-corrected chi connectivity index (χ0v) is 9.17. The van der Waals surface area contributed by atoms with Crippen LogP contribution in [0.3, 0.4) is 0 Å². The molecule has 2 rings (SSSR count). The minimum absolute atomic E-state index is 0.0730. The summed E-state index contributed by atoms with van der Waals surface area (Å²) >= 11 is 5.82. The summed E-state index contributed by atoms with van der Waals surface area (Å²) in [5.74, 6) is -0.279. The molecule has 0 bridgehead atoms. The van der Waals surface area contributed by atoms with Crippen LogP contribution in [0.4, 0.5) is 0 Å². The summed E-state index contributed by atoms with van der Waals surface area (Å²) in [6.07, 6.45) is 0.676. The number of carbonyl (C=O) groups is 1. The number of fused-ring (bicyclic) bond motifs is 1. The minimum atomic E-state index is -0.279. The second-order valence-electron chi connectivity index (χ2n) is 3.59. The Morgan fingerprint density at radius 3 is 3.13 bits per heavy atom. The van der Waals surface area contributed by atoms with Gasteiger partial charge in [-0.05, 0) is 24.7 Å². The highest BCUT2D eigenvalue weighted by atomic mass is 35.5. The Morgan fingerprint density at radius 1 is 1.60 bits per heavy atom. The Kier molecular flexibility index (Phi) is 2.93. The SMILES string of the molecule is CNCC1Cc2ccc(Cl)cc2C(=O)O1. The van der Waals surface area contributed by atoms with Crippen molar-refractivity contribution < 1.29 is 9.53 Å². The zero-order chi connectivity index (χ0) is 10.8. The number of benzene rings is 1. The van der Waals surface area contributed by atoms with Crippen LogP contribution in [0.2, 0.25) is 5.02 Å². The first-order valence-electron chi connectivity index (χ1n) is 4.84. The van der Waals surface area contributed by atoms with Gasteiger partial charge in [-0.3, -0.25) is 0 Å². The molecule has 4 heteroatoms. The van der Waals surface area contributed by atoms with Crippen LogP contribution < -0.4 is 5.32 Å². The van der Waals surface area contributed by atoms with Crippen LogP contribution in [-0.2, 0) is 11.2 Å². The fourth-order valence-electron chi connectivity index (χ4n) is 1.76. The second-order valence-corrected chi connectivity index (χ2v) is 4.03. The van der Waals surface area contributed by atoms with Crippen LogP contribution in [0.5, 0.6) is 0 Å². The summed E-state index contributed by atoms with van der Waals surface area (Å²) in [6.45, 7) is 0.674. The summed E-state index contributed by atoms with van der Waals surface area (Å²) < 4.78 is 5.25. The van der Waals surface area contributed by atoms with Crippen molar-refractivity contribution in [2.24, 2.45) is 0 Å². The molecule has 0 radical (unpaired) electrons. The predicted octanol–water partition coefficient (Wildman–Crippen LogP) is 1.64. The first-order valence-corrected chi connectivity index (χ1v) is 5.22. The van der Waals surface area contributed by atoms with Crippen LogP contribution in [-0.4, -0.2) is 25.7 Å². The molecule has 1 N–H and O–H groups in total. The minimum Gasteiger partial charge on any atom is -0.457 e. The summed E-state index contributed by atoms with van der Waals surface area (Å²) in [5.41, 5.74) is 1.60. The predicted molar refractivity (Wildman–Crippen MR) is 58.3 cm³/mol. The van der Waals surface area contributed by atoms with Crippen molar-refractivity contribution in [1.82, 2.24) is 5.32 Å². The summed E-state index contributed by atoms with van der Waals surface area (Å²) in [4.78, 5) is 11.6. The van der Waals surface area contributed by atoms with Crippen molar-refractivity contribution in [1.29, 1.82) is 0 Å². The highest BCUT2D eigenvalue weighted by Crippen LogP contribution is 2.23. The lowest BCUT2D eigenvalue weighted by Crippen LogP contribution is -2.35. The zero-order valence-electron chi connectivity index (χ0n) is 8.42. The summed E-state index contributed by atoms with van der Waals surface area (Å²) in [7, 11) is 1.84. The van der Waals surface area contributed by atoms with Gasteiger partial charge >= 0.3 is 5.97 Å². The smallest absolute Gasteiger partial charge is 0.338 e. The average Bonchev–Trinajstić information content (AvgIpc) is 2.20. The Morgan fingerprint density at radius 2 is 2.40 bits per heavy atom. The number of rotatable bonds is 2. The molecule has 1 aromatic rings. The van der Waals surface area contributed by atoms with E-state index in [2.05, 4.69) is 5.32 Å². The van der Waals surface area contributed by atoms with Gasteiger partial charge in [0.1, 0.15) is 6.10 Å². The van der Waals surface area contributed by atoms with Crippen LogP contribution in [0.15, 0.2) is 18.2 Å². The van der Waals surface area contributed by atoms with Crippen molar-refractivity contribution in [3.8, 4) is 0 Å². The monoisotopic (exact) mass is 225 g/mol. The first-order chi connectivity index (χ1) is 7.20. The third-order valence-corrected chi connectivity index (χ3v) is 2.68. The van der Waals surface area contributed by atoms with Gasteiger partial charge in [-0.1, -0.05) is 17.7 Å². The Bertz CT molecular complexity index is 392. The third-order valence-electron chi connectivity index (χ3n) is 2.44. The van der Waals surface area contributed by atoms with E-state index in [1.165, 1.54) is 0 Å². The molecule has 1 aromatic carbocycles. The number of ether oxygens (including phenoxy) is 1. The molecule has 0 fully saturated rings. The number of likely N-dealkylation sites (N-methyl/N-ethyl adjacent to an activating group) is 1. The fourth-order valence-corrected chi connectivity index (χ4v) is 1.93. The third kappa shape index (κ3) is 2.13. The molecule has 1 aliphatic heterocycles. The topological polar surface area (TPSA) is 38.3 Å². The maximum Gasteiger partial charge on any atom is 0.338 e. The van der Waals surface area contributed by atoms with Crippen LogP contribution in [0.1, 0.15) is 15.9 Å². The van der Waals surface area contributed by atoms with Gasteiger partial charge in [0, 0.05) is 18.0 Å². The standard InChI is InChI=1S/C11H12ClNO2/c1-13-6-9-4-7-2-3-8(12)5-10(7)11(14)15-9/h2-3,5,9,13H,4,6H2,1H3. The van der Waals surface area contributed by atoms with Crippen molar-refractivity contribution in [3.05, 3.63) is 34.3 Å². The molecule has 0 saturated heterocycles. The van der Waals surface area contributed by atoms with Crippen LogP contribution in [0.25, 0.3) is 0 Å². The van der Waals surface area contributed by atoms with E-state index in [0.29, 0.717) is 17.1 Å². The van der Waals surface area contributed by atoms with Gasteiger partial charge in [-0.2, -0.15) is 0 Å². The molecule has 0 spiro atoms. The summed E-state index contributed by atoms with van der Waals surface area (Å²) in [5, 5.41) is 3.56. The van der Waals surface area contributed by atoms with E-state index in [1.807, 2.05) is 13.1 Å². The van der Waals surface area contributed by atoms with Gasteiger partial charge in [-0.15, -0.1) is 0 Å². The number of esters is 1. The van der Waals surface area contributed by atoms with E-state index >= 15 is 0 Å². The number of cyclic esters (lactones) is 1. The maximum absolute atomic E-state index is 11.6. The molecular formula is C11H12ClNO2. The van der Waals surface area contributed by atoms with Crippen molar-refractivity contribution in [3.63, 3.8) is 0 Å². The number of halogens is 1. The second kappa shape index (κ2) is 4.21. The number of nitrogens with one attached hydrogen (secondary N) is 1. The Balaban J connectivity index is 2.28. The van der Waals surface area contributed by atoms with E-state index in [1.54, 1.807) is 12.1 Å². The van der Waals surface area contributed by atoms with Crippen molar-refractivity contribution >= 4 is 17.6 Å². The van der Waals surface area contributed by atoms with Gasteiger partial charge in [0.05, 0.1) is 5.56 Å².